The molecule has 0 saturated heterocycles. The molecule has 0 amide bonds. The molecule has 0 bridgehead atoms. The number of hydrogen-bond acceptors (Lipinski definition) is 6. The number of aromatic nitrogens is 5. The summed E-state index contributed by atoms with van der Waals surface area (Å²) in [5.41, 5.74) is 4.07. The molecule has 264 valence electrons. The van der Waals surface area contributed by atoms with Crippen LogP contribution in [0.4, 0.5) is 17.6 Å². The van der Waals surface area contributed by atoms with Gasteiger partial charge in [0.25, 0.3) is 5.56 Å². The largest absolute Gasteiger partial charge is 1.00 e. The molecule has 6 rings (SSSR count). The Morgan fingerprint density at radius 3 is 2.10 bits per heavy atom. The molecule has 5 aromatic rings. The molecule has 1 aliphatic carbocycles. The standard InChI is InChI=1S/C36H37F4N6O2S.ClH/c1-46(2,18-19-47)22-33-43-42-32(45(33)20-24-6-10-26(11-7-24)27-12-14-28(15-13-27)36(38,39)40)21-44-31-5-3-4-30(31)34(48)41-35(44)49-23-25-8-16-29(37)17-9-25;/h6-17,47H,3-5,18-23H2,1-2H3;1H/q+1;/p-1. The lowest BCUT2D eigenvalue weighted by molar-refractivity contribution is -0.904. The molecule has 2 aromatic heterocycles. The number of likely N-dealkylation sites (N-methyl/N-ethyl adjacent to an activating group) is 1. The van der Waals surface area contributed by atoms with Crippen molar-refractivity contribution in [1.29, 1.82) is 0 Å². The maximum absolute atomic E-state index is 13.5. The van der Waals surface area contributed by atoms with Crippen molar-refractivity contribution in [2.24, 2.45) is 0 Å². The Balaban J connectivity index is 0.00000486. The molecular weight excluding hydrogens is 692 g/mol. The zero-order chi connectivity index (χ0) is 34.8. The monoisotopic (exact) mass is 728 g/mol. The Hall–Kier alpha value is -4.04. The number of nitrogens with zero attached hydrogens (tertiary/aromatic N) is 6. The summed E-state index contributed by atoms with van der Waals surface area (Å²) in [6, 6.07) is 19.0. The Bertz CT molecular complexity index is 1980. The fourth-order valence-electron chi connectivity index (χ4n) is 6.09. The third kappa shape index (κ3) is 8.63. The summed E-state index contributed by atoms with van der Waals surface area (Å²) >= 11 is 1.42. The van der Waals surface area contributed by atoms with Crippen molar-refractivity contribution in [3.05, 3.63) is 129 Å². The van der Waals surface area contributed by atoms with E-state index in [4.69, 9.17) is 0 Å². The van der Waals surface area contributed by atoms with Crippen LogP contribution < -0.4 is 18.0 Å². The van der Waals surface area contributed by atoms with Gasteiger partial charge in [-0.25, -0.2) is 4.39 Å². The number of aliphatic hydroxyl groups is 1. The number of fused-ring (bicyclic) bond motifs is 1. The Labute approximate surface area is 297 Å². The molecule has 0 fully saturated rings. The van der Waals surface area contributed by atoms with E-state index in [-0.39, 0.29) is 30.4 Å². The van der Waals surface area contributed by atoms with E-state index in [2.05, 4.69) is 24.3 Å². The van der Waals surface area contributed by atoms with E-state index in [0.29, 0.717) is 59.4 Å². The molecular formula is C36H37ClF4N6O2S. The second kappa shape index (κ2) is 15.5. The SMILES string of the molecule is C[N+](C)(CCO)Cc1nnc(Cn2c(SCc3ccc(F)cc3)nc(=O)c3c2CCC3)n1Cc1ccc(-c2ccc(C(F)(F)F)cc2)cc1.[Cl-]. The molecule has 1 N–H and O–H groups in total. The van der Waals surface area contributed by atoms with Crippen molar-refractivity contribution in [2.45, 2.75) is 56.0 Å². The van der Waals surface area contributed by atoms with Gasteiger partial charge in [0, 0.05) is 17.0 Å². The van der Waals surface area contributed by atoms with Crippen molar-refractivity contribution in [1.82, 2.24) is 24.3 Å². The molecule has 0 spiro atoms. The van der Waals surface area contributed by atoms with E-state index >= 15 is 0 Å². The van der Waals surface area contributed by atoms with Gasteiger partial charge in [-0.2, -0.15) is 18.2 Å². The van der Waals surface area contributed by atoms with Gasteiger partial charge in [0.15, 0.2) is 16.8 Å². The number of alkyl halides is 3. The summed E-state index contributed by atoms with van der Waals surface area (Å²) in [5.74, 6) is 1.59. The lowest BCUT2D eigenvalue weighted by Crippen LogP contribution is -3.00. The molecule has 0 aliphatic heterocycles. The number of halogens is 5. The molecule has 8 nitrogen and oxygen atoms in total. The minimum Gasteiger partial charge on any atom is -1.00 e. The van der Waals surface area contributed by atoms with Gasteiger partial charge < -0.3 is 31.1 Å². The first-order chi connectivity index (χ1) is 23.4. The topological polar surface area (TPSA) is 85.8 Å². The molecule has 1 aliphatic rings. The van der Waals surface area contributed by atoms with Crippen molar-refractivity contribution in [2.75, 3.05) is 27.2 Å². The molecule has 0 atom stereocenters. The summed E-state index contributed by atoms with van der Waals surface area (Å²) in [5, 5.41) is 19.5. The van der Waals surface area contributed by atoms with E-state index in [1.807, 2.05) is 38.4 Å². The molecule has 0 unspecified atom stereocenters. The third-order valence-electron chi connectivity index (χ3n) is 8.80. The molecule has 50 heavy (non-hydrogen) atoms. The molecule has 14 heteroatoms. The van der Waals surface area contributed by atoms with E-state index in [9.17, 15) is 27.5 Å². The van der Waals surface area contributed by atoms with Gasteiger partial charge in [0.05, 0.1) is 39.4 Å². The minimum atomic E-state index is -4.39. The van der Waals surface area contributed by atoms with Gasteiger partial charge in [-0.15, -0.1) is 10.2 Å². The maximum Gasteiger partial charge on any atom is 0.416 e. The first-order valence-electron chi connectivity index (χ1n) is 16.0. The fourth-order valence-corrected chi connectivity index (χ4v) is 7.05. The van der Waals surface area contributed by atoms with Crippen LogP contribution in [-0.2, 0) is 44.4 Å². The molecule has 2 heterocycles. The van der Waals surface area contributed by atoms with Gasteiger partial charge in [-0.1, -0.05) is 60.3 Å². The second-order valence-corrected chi connectivity index (χ2v) is 13.9. The van der Waals surface area contributed by atoms with Crippen LogP contribution in [0.2, 0.25) is 0 Å². The van der Waals surface area contributed by atoms with Crippen LogP contribution >= 0.6 is 11.8 Å². The summed E-state index contributed by atoms with van der Waals surface area (Å²) < 4.78 is 57.3. The van der Waals surface area contributed by atoms with E-state index in [0.717, 1.165) is 58.7 Å². The van der Waals surface area contributed by atoms with Gasteiger partial charge in [0.2, 0.25) is 0 Å². The van der Waals surface area contributed by atoms with E-state index in [1.165, 1.54) is 36.0 Å². The lowest BCUT2D eigenvalue weighted by Gasteiger charge is -2.28. The number of rotatable bonds is 12. The van der Waals surface area contributed by atoms with Crippen molar-refractivity contribution >= 4 is 11.8 Å². The highest BCUT2D eigenvalue weighted by Gasteiger charge is 2.30. The van der Waals surface area contributed by atoms with Crippen LogP contribution in [0, 0.1) is 5.82 Å². The van der Waals surface area contributed by atoms with Crippen LogP contribution in [-0.4, -0.2) is 61.2 Å². The summed E-state index contributed by atoms with van der Waals surface area (Å²) in [6.07, 6.45) is -2.13. The summed E-state index contributed by atoms with van der Waals surface area (Å²) in [4.78, 5) is 17.5. The molecule has 3 aromatic carbocycles. The highest BCUT2D eigenvalue weighted by Crippen LogP contribution is 2.31. The van der Waals surface area contributed by atoms with Crippen molar-refractivity contribution in [3.63, 3.8) is 0 Å². The summed E-state index contributed by atoms with van der Waals surface area (Å²) in [6.45, 7) is 1.79. The number of hydrogen-bond donors (Lipinski definition) is 1. The van der Waals surface area contributed by atoms with Gasteiger partial charge in [0.1, 0.15) is 18.9 Å². The predicted molar refractivity (Wildman–Crippen MR) is 179 cm³/mol. The zero-order valence-corrected chi connectivity index (χ0v) is 29.2. The Morgan fingerprint density at radius 2 is 1.46 bits per heavy atom. The Morgan fingerprint density at radius 1 is 0.840 bits per heavy atom. The van der Waals surface area contributed by atoms with E-state index < -0.39 is 11.7 Å². The molecule has 0 radical (unpaired) electrons. The first-order valence-corrected chi connectivity index (χ1v) is 17.0. The summed E-state index contributed by atoms with van der Waals surface area (Å²) in [7, 11) is 4.02. The Kier molecular flexibility index (Phi) is 11.5. The number of quaternary nitrogens is 1. The van der Waals surface area contributed by atoms with Crippen LogP contribution in [0.3, 0.4) is 0 Å². The lowest BCUT2D eigenvalue weighted by atomic mass is 10.0. The predicted octanol–water partition coefficient (Wildman–Crippen LogP) is 3.11. The van der Waals surface area contributed by atoms with Crippen molar-refractivity contribution in [3.8, 4) is 11.1 Å². The van der Waals surface area contributed by atoms with Crippen LogP contribution in [0.1, 0.15) is 46.0 Å². The fraction of sp³-hybridized carbons (Fsp3) is 0.333. The second-order valence-electron chi connectivity index (χ2n) is 12.9. The quantitative estimate of drug-likeness (QED) is 0.0921. The number of aliphatic hydroxyl groups excluding tert-OH is 1. The highest BCUT2D eigenvalue weighted by molar-refractivity contribution is 7.98. The van der Waals surface area contributed by atoms with Crippen LogP contribution in [0.15, 0.2) is 82.7 Å². The number of benzene rings is 3. The van der Waals surface area contributed by atoms with Gasteiger partial charge in [-0.05, 0) is 65.8 Å². The molecule has 0 saturated carbocycles. The minimum absolute atomic E-state index is 0. The average Bonchev–Trinajstić information content (AvgIpc) is 3.70. The maximum atomic E-state index is 13.5. The first kappa shape index (κ1) is 37.2. The van der Waals surface area contributed by atoms with Gasteiger partial charge >= 0.3 is 6.18 Å². The normalized spacial score (nSPS) is 12.9. The zero-order valence-electron chi connectivity index (χ0n) is 27.6. The third-order valence-corrected chi connectivity index (χ3v) is 9.85. The average molecular weight is 729 g/mol. The van der Waals surface area contributed by atoms with Crippen molar-refractivity contribution < 1.29 is 39.6 Å². The van der Waals surface area contributed by atoms with Crippen LogP contribution in [0.5, 0.6) is 0 Å². The van der Waals surface area contributed by atoms with Crippen LogP contribution in [0.25, 0.3) is 11.1 Å². The highest BCUT2D eigenvalue weighted by atomic mass is 35.5. The van der Waals surface area contributed by atoms with E-state index in [1.54, 1.807) is 12.1 Å². The van der Waals surface area contributed by atoms with Gasteiger partial charge in [-0.3, -0.25) is 4.79 Å². The smallest absolute Gasteiger partial charge is 0.416 e. The number of thioether (sulfide) groups is 1.